The van der Waals surface area contributed by atoms with Gasteiger partial charge in [-0.25, -0.2) is 4.68 Å². The Kier molecular flexibility index (Phi) is 7.23. The van der Waals surface area contributed by atoms with Crippen molar-refractivity contribution >= 4 is 23.3 Å². The zero-order valence-corrected chi connectivity index (χ0v) is 19.9. The Hall–Kier alpha value is -3.82. The largest absolute Gasteiger partial charge is 0.416 e. The number of carbonyl (C=O) groups excluding carboxylic acids is 2. The predicted molar refractivity (Wildman–Crippen MR) is 129 cm³/mol. The van der Waals surface area contributed by atoms with E-state index in [1.807, 2.05) is 13.8 Å². The van der Waals surface area contributed by atoms with Crippen molar-refractivity contribution in [3.8, 4) is 11.3 Å². The number of aromatic nitrogens is 2. The van der Waals surface area contributed by atoms with Crippen molar-refractivity contribution in [3.05, 3.63) is 64.7 Å². The Balaban J connectivity index is 1.79. The van der Waals surface area contributed by atoms with Crippen molar-refractivity contribution < 1.29 is 22.8 Å². The Morgan fingerprint density at radius 1 is 1.06 bits per heavy atom. The van der Waals surface area contributed by atoms with E-state index >= 15 is 0 Å². The standard InChI is InChI=1S/C25H28F3N5O2/c1-13(2)18-10-9-17(12-19(18)25(26,27)28)31-20(34)11-15-5-7-16(8-6-15)22-21(24(30)35)23(29)33(32-22)14(3)4/h5-10,12-14H,11,29H2,1-4H3,(H2,30,35)(H,31,34). The Bertz CT molecular complexity index is 1250. The average Bonchev–Trinajstić information content (AvgIpc) is 3.11. The van der Waals surface area contributed by atoms with Crippen LogP contribution in [0.4, 0.5) is 24.7 Å². The van der Waals surface area contributed by atoms with Crippen LogP contribution in [0.3, 0.4) is 0 Å². The molecule has 10 heteroatoms. The van der Waals surface area contributed by atoms with Gasteiger partial charge in [-0.05, 0) is 43.0 Å². The zero-order chi connectivity index (χ0) is 26.1. The first-order chi connectivity index (χ1) is 16.3. The van der Waals surface area contributed by atoms with E-state index in [2.05, 4.69) is 10.4 Å². The van der Waals surface area contributed by atoms with Crippen molar-refractivity contribution in [2.45, 2.75) is 52.3 Å². The molecule has 0 aliphatic heterocycles. The van der Waals surface area contributed by atoms with Gasteiger partial charge in [-0.1, -0.05) is 44.2 Å². The quantitative estimate of drug-likeness (QED) is 0.428. The second-order valence-electron chi connectivity index (χ2n) is 8.89. The van der Waals surface area contributed by atoms with Crippen LogP contribution < -0.4 is 16.8 Å². The van der Waals surface area contributed by atoms with E-state index in [1.165, 1.54) is 16.8 Å². The minimum atomic E-state index is -4.52. The average molecular weight is 488 g/mol. The van der Waals surface area contributed by atoms with Gasteiger partial charge in [-0.15, -0.1) is 0 Å². The van der Waals surface area contributed by atoms with Gasteiger partial charge in [0.25, 0.3) is 5.91 Å². The minimum absolute atomic E-state index is 0.0567. The Labute approximate surface area is 201 Å². The van der Waals surface area contributed by atoms with Crippen LogP contribution in [0.15, 0.2) is 42.5 Å². The monoisotopic (exact) mass is 487 g/mol. The molecule has 186 valence electrons. The molecule has 35 heavy (non-hydrogen) atoms. The van der Waals surface area contributed by atoms with Gasteiger partial charge in [0.1, 0.15) is 17.1 Å². The van der Waals surface area contributed by atoms with E-state index in [9.17, 15) is 22.8 Å². The number of carbonyl (C=O) groups is 2. The number of benzene rings is 2. The van der Waals surface area contributed by atoms with Crippen LogP contribution in [0.5, 0.6) is 0 Å². The fraction of sp³-hybridized carbons (Fsp3) is 0.320. The molecule has 0 aliphatic carbocycles. The second-order valence-corrected chi connectivity index (χ2v) is 8.89. The van der Waals surface area contributed by atoms with Crippen LogP contribution in [-0.4, -0.2) is 21.6 Å². The molecule has 3 rings (SSSR count). The zero-order valence-electron chi connectivity index (χ0n) is 19.9. The maximum atomic E-state index is 13.4. The molecule has 0 saturated carbocycles. The van der Waals surface area contributed by atoms with E-state index in [1.54, 1.807) is 38.1 Å². The van der Waals surface area contributed by atoms with Gasteiger partial charge in [0.15, 0.2) is 0 Å². The topological polar surface area (TPSA) is 116 Å². The van der Waals surface area contributed by atoms with Gasteiger partial charge in [-0.3, -0.25) is 9.59 Å². The van der Waals surface area contributed by atoms with Gasteiger partial charge in [0, 0.05) is 17.3 Å². The van der Waals surface area contributed by atoms with E-state index < -0.39 is 23.6 Å². The Morgan fingerprint density at radius 3 is 2.20 bits per heavy atom. The molecule has 0 fully saturated rings. The third kappa shape index (κ3) is 5.64. The summed E-state index contributed by atoms with van der Waals surface area (Å²) in [5, 5.41) is 6.94. The highest BCUT2D eigenvalue weighted by Crippen LogP contribution is 2.37. The number of rotatable bonds is 7. The smallest absolute Gasteiger partial charge is 0.383 e. The number of amides is 2. The molecule has 0 radical (unpaired) electrons. The molecule has 5 N–H and O–H groups in total. The first kappa shape index (κ1) is 25.8. The van der Waals surface area contributed by atoms with Crippen molar-refractivity contribution in [1.82, 2.24) is 9.78 Å². The Morgan fingerprint density at radius 2 is 1.69 bits per heavy atom. The lowest BCUT2D eigenvalue weighted by molar-refractivity contribution is -0.138. The molecule has 2 aromatic carbocycles. The number of nitrogens with zero attached hydrogens (tertiary/aromatic N) is 2. The molecule has 0 unspecified atom stereocenters. The summed E-state index contributed by atoms with van der Waals surface area (Å²) >= 11 is 0. The highest BCUT2D eigenvalue weighted by molar-refractivity contribution is 6.03. The molecule has 0 bridgehead atoms. The molecule has 7 nitrogen and oxygen atoms in total. The van der Waals surface area contributed by atoms with E-state index in [0.717, 1.165) is 6.07 Å². The van der Waals surface area contributed by atoms with E-state index in [-0.39, 0.29) is 41.0 Å². The SMILES string of the molecule is CC(C)c1ccc(NC(=O)Cc2ccc(-c3nn(C(C)C)c(N)c3C(N)=O)cc2)cc1C(F)(F)F. The maximum Gasteiger partial charge on any atom is 0.416 e. The lowest BCUT2D eigenvalue weighted by atomic mass is 9.96. The van der Waals surface area contributed by atoms with Gasteiger partial charge >= 0.3 is 6.18 Å². The number of alkyl halides is 3. The van der Waals surface area contributed by atoms with Crippen molar-refractivity contribution in [3.63, 3.8) is 0 Å². The van der Waals surface area contributed by atoms with Crippen molar-refractivity contribution in [1.29, 1.82) is 0 Å². The molecule has 2 amide bonds. The first-order valence-electron chi connectivity index (χ1n) is 11.1. The number of nitrogen functional groups attached to an aromatic ring is 1. The minimum Gasteiger partial charge on any atom is -0.383 e. The van der Waals surface area contributed by atoms with Crippen LogP contribution in [0, 0.1) is 0 Å². The third-order valence-electron chi connectivity index (χ3n) is 5.54. The summed E-state index contributed by atoms with van der Waals surface area (Å²) in [6.07, 6.45) is -4.58. The van der Waals surface area contributed by atoms with E-state index in [4.69, 9.17) is 11.5 Å². The molecule has 0 saturated heterocycles. The molecule has 0 aliphatic rings. The maximum absolute atomic E-state index is 13.4. The number of anilines is 2. The van der Waals surface area contributed by atoms with Gasteiger partial charge in [-0.2, -0.15) is 18.3 Å². The van der Waals surface area contributed by atoms with E-state index in [0.29, 0.717) is 16.8 Å². The highest BCUT2D eigenvalue weighted by Gasteiger charge is 2.34. The lowest BCUT2D eigenvalue weighted by Gasteiger charge is -2.17. The van der Waals surface area contributed by atoms with Crippen LogP contribution >= 0.6 is 0 Å². The molecular formula is C25H28F3N5O2. The lowest BCUT2D eigenvalue weighted by Crippen LogP contribution is -2.16. The van der Waals surface area contributed by atoms with Crippen LogP contribution in [0.1, 0.15) is 66.7 Å². The first-order valence-corrected chi connectivity index (χ1v) is 11.1. The number of hydrogen-bond donors (Lipinski definition) is 3. The fourth-order valence-corrected chi connectivity index (χ4v) is 3.84. The number of nitrogens with two attached hydrogens (primary N) is 2. The van der Waals surface area contributed by atoms with Crippen molar-refractivity contribution in [2.24, 2.45) is 5.73 Å². The summed E-state index contributed by atoms with van der Waals surface area (Å²) in [6, 6.07) is 10.4. The molecule has 0 spiro atoms. The third-order valence-corrected chi connectivity index (χ3v) is 5.54. The molecule has 3 aromatic rings. The predicted octanol–water partition coefficient (Wildman–Crippen LogP) is 5.14. The molecule has 0 atom stereocenters. The summed E-state index contributed by atoms with van der Waals surface area (Å²) in [5.74, 6) is -1.30. The summed E-state index contributed by atoms with van der Waals surface area (Å²) < 4.78 is 41.8. The van der Waals surface area contributed by atoms with Crippen LogP contribution in [-0.2, 0) is 17.4 Å². The number of primary amides is 1. The summed E-state index contributed by atoms with van der Waals surface area (Å²) in [6.45, 7) is 7.10. The van der Waals surface area contributed by atoms with Crippen LogP contribution in [0.25, 0.3) is 11.3 Å². The van der Waals surface area contributed by atoms with Gasteiger partial charge in [0.2, 0.25) is 5.91 Å². The number of halogens is 3. The number of nitrogens with one attached hydrogen (secondary N) is 1. The van der Waals surface area contributed by atoms with Crippen molar-refractivity contribution in [2.75, 3.05) is 11.1 Å². The summed E-state index contributed by atoms with van der Waals surface area (Å²) in [5.41, 5.74) is 12.7. The van der Waals surface area contributed by atoms with Gasteiger partial charge in [0.05, 0.1) is 12.0 Å². The second kappa shape index (κ2) is 9.81. The number of hydrogen-bond acceptors (Lipinski definition) is 4. The highest BCUT2D eigenvalue weighted by atomic mass is 19.4. The molecule has 1 heterocycles. The normalized spacial score (nSPS) is 11.8. The van der Waals surface area contributed by atoms with Crippen LogP contribution in [0.2, 0.25) is 0 Å². The summed E-state index contributed by atoms with van der Waals surface area (Å²) in [4.78, 5) is 24.4. The molecular weight excluding hydrogens is 459 g/mol. The fourth-order valence-electron chi connectivity index (χ4n) is 3.84. The van der Waals surface area contributed by atoms with Gasteiger partial charge < -0.3 is 16.8 Å². The summed E-state index contributed by atoms with van der Waals surface area (Å²) in [7, 11) is 0. The molecule has 1 aromatic heterocycles.